The predicted molar refractivity (Wildman–Crippen MR) is 63.1 cm³/mol. The standard InChI is InChI=1S/C12H21F3N2O/c1-5-16(4)11(18)9-6-17(8(2)3)7-10(9)12(13,14)15/h8-10H,5-7H2,1-4H3. The second-order valence-electron chi connectivity index (χ2n) is 5.15. The molecule has 106 valence electrons. The van der Waals surface area contributed by atoms with Crippen molar-refractivity contribution in [2.75, 3.05) is 26.7 Å². The fraction of sp³-hybridized carbons (Fsp3) is 0.917. The molecule has 1 rings (SSSR count). The Morgan fingerprint density at radius 1 is 1.39 bits per heavy atom. The smallest absolute Gasteiger partial charge is 0.346 e. The second-order valence-corrected chi connectivity index (χ2v) is 5.15. The number of likely N-dealkylation sites (tertiary alicyclic amines) is 1. The summed E-state index contributed by atoms with van der Waals surface area (Å²) in [5.74, 6) is -2.90. The number of carbonyl (C=O) groups excluding carboxylic acids is 1. The van der Waals surface area contributed by atoms with Gasteiger partial charge in [0.05, 0.1) is 11.8 Å². The van der Waals surface area contributed by atoms with Crippen LogP contribution in [0.25, 0.3) is 0 Å². The molecule has 1 fully saturated rings. The molecule has 0 spiro atoms. The second kappa shape index (κ2) is 5.47. The number of halogens is 3. The van der Waals surface area contributed by atoms with Crippen LogP contribution in [-0.4, -0.2) is 54.6 Å². The van der Waals surface area contributed by atoms with Gasteiger partial charge in [0.25, 0.3) is 0 Å². The Morgan fingerprint density at radius 2 is 1.94 bits per heavy atom. The summed E-state index contributed by atoms with van der Waals surface area (Å²) in [5, 5.41) is 0. The van der Waals surface area contributed by atoms with Crippen LogP contribution in [0.1, 0.15) is 20.8 Å². The molecule has 6 heteroatoms. The number of hydrogen-bond donors (Lipinski definition) is 0. The van der Waals surface area contributed by atoms with Gasteiger partial charge in [0, 0.05) is 32.7 Å². The van der Waals surface area contributed by atoms with E-state index >= 15 is 0 Å². The van der Waals surface area contributed by atoms with Gasteiger partial charge in [-0.25, -0.2) is 0 Å². The third-order valence-corrected chi connectivity index (χ3v) is 3.67. The van der Waals surface area contributed by atoms with Crippen molar-refractivity contribution in [3.05, 3.63) is 0 Å². The van der Waals surface area contributed by atoms with E-state index in [1.807, 2.05) is 13.8 Å². The summed E-state index contributed by atoms with van der Waals surface area (Å²) < 4.78 is 38.9. The van der Waals surface area contributed by atoms with Gasteiger partial charge in [-0.2, -0.15) is 13.2 Å². The Labute approximate surface area is 106 Å². The van der Waals surface area contributed by atoms with Crippen molar-refractivity contribution < 1.29 is 18.0 Å². The minimum atomic E-state index is -4.31. The molecule has 1 heterocycles. The highest BCUT2D eigenvalue weighted by molar-refractivity contribution is 5.79. The molecule has 0 radical (unpaired) electrons. The van der Waals surface area contributed by atoms with Gasteiger partial charge < -0.3 is 4.90 Å². The van der Waals surface area contributed by atoms with E-state index in [0.717, 1.165) is 0 Å². The first-order valence-corrected chi connectivity index (χ1v) is 6.24. The van der Waals surface area contributed by atoms with Crippen LogP contribution in [0.5, 0.6) is 0 Å². The van der Waals surface area contributed by atoms with Crippen LogP contribution in [-0.2, 0) is 4.79 Å². The van der Waals surface area contributed by atoms with Crippen LogP contribution in [0.2, 0.25) is 0 Å². The van der Waals surface area contributed by atoms with Crippen LogP contribution < -0.4 is 0 Å². The van der Waals surface area contributed by atoms with Crippen molar-refractivity contribution >= 4 is 5.91 Å². The van der Waals surface area contributed by atoms with Crippen molar-refractivity contribution in [2.24, 2.45) is 11.8 Å². The van der Waals surface area contributed by atoms with E-state index in [0.29, 0.717) is 6.54 Å². The van der Waals surface area contributed by atoms with Gasteiger partial charge in [-0.1, -0.05) is 0 Å². The third kappa shape index (κ3) is 3.16. The zero-order chi connectivity index (χ0) is 14.1. The Balaban J connectivity index is 2.89. The Morgan fingerprint density at radius 3 is 2.33 bits per heavy atom. The highest BCUT2D eigenvalue weighted by Gasteiger charge is 2.52. The number of carbonyl (C=O) groups is 1. The maximum Gasteiger partial charge on any atom is 0.393 e. The molecule has 0 aliphatic carbocycles. The lowest BCUT2D eigenvalue weighted by Crippen LogP contribution is -2.41. The summed E-state index contributed by atoms with van der Waals surface area (Å²) in [5.41, 5.74) is 0. The van der Waals surface area contributed by atoms with E-state index in [2.05, 4.69) is 0 Å². The average molecular weight is 266 g/mol. The topological polar surface area (TPSA) is 23.6 Å². The molecule has 0 aromatic heterocycles. The molecule has 1 saturated heterocycles. The highest BCUT2D eigenvalue weighted by atomic mass is 19.4. The summed E-state index contributed by atoms with van der Waals surface area (Å²) >= 11 is 0. The molecule has 0 aromatic carbocycles. The molecule has 2 atom stereocenters. The highest BCUT2D eigenvalue weighted by Crippen LogP contribution is 2.38. The normalized spacial score (nSPS) is 25.8. The molecule has 1 aliphatic rings. The molecule has 2 unspecified atom stereocenters. The Bertz CT molecular complexity index is 304. The first-order chi connectivity index (χ1) is 8.18. The van der Waals surface area contributed by atoms with Crippen molar-refractivity contribution in [2.45, 2.75) is 33.0 Å². The molecular formula is C12H21F3N2O. The van der Waals surface area contributed by atoms with E-state index < -0.39 is 23.9 Å². The maximum atomic E-state index is 13.0. The fourth-order valence-electron chi connectivity index (χ4n) is 2.28. The number of nitrogens with zero attached hydrogens (tertiary/aromatic N) is 2. The summed E-state index contributed by atoms with van der Waals surface area (Å²) in [6.45, 7) is 6.02. The van der Waals surface area contributed by atoms with Crippen LogP contribution in [0, 0.1) is 11.8 Å². The van der Waals surface area contributed by atoms with Gasteiger partial charge in [-0.15, -0.1) is 0 Å². The summed E-state index contributed by atoms with van der Waals surface area (Å²) in [7, 11) is 1.55. The number of alkyl halides is 3. The summed E-state index contributed by atoms with van der Waals surface area (Å²) in [6, 6.07) is 0.0274. The van der Waals surface area contributed by atoms with E-state index in [4.69, 9.17) is 0 Å². The Hall–Kier alpha value is -0.780. The summed E-state index contributed by atoms with van der Waals surface area (Å²) in [6.07, 6.45) is -4.31. The SMILES string of the molecule is CCN(C)C(=O)C1CN(C(C)C)CC1C(F)(F)F. The van der Waals surface area contributed by atoms with Gasteiger partial charge in [-0.3, -0.25) is 9.69 Å². The molecule has 0 saturated carbocycles. The molecule has 1 aliphatic heterocycles. The van der Waals surface area contributed by atoms with Crippen molar-refractivity contribution in [3.63, 3.8) is 0 Å². The van der Waals surface area contributed by atoms with Crippen LogP contribution >= 0.6 is 0 Å². The van der Waals surface area contributed by atoms with Crippen molar-refractivity contribution in [3.8, 4) is 0 Å². The lowest BCUT2D eigenvalue weighted by atomic mass is 9.94. The number of hydrogen-bond acceptors (Lipinski definition) is 2. The van der Waals surface area contributed by atoms with Crippen LogP contribution in [0.4, 0.5) is 13.2 Å². The van der Waals surface area contributed by atoms with Gasteiger partial charge in [-0.05, 0) is 20.8 Å². The lowest BCUT2D eigenvalue weighted by molar-refractivity contribution is -0.185. The zero-order valence-electron chi connectivity index (χ0n) is 11.3. The minimum Gasteiger partial charge on any atom is -0.346 e. The first-order valence-electron chi connectivity index (χ1n) is 6.24. The van der Waals surface area contributed by atoms with Crippen molar-refractivity contribution in [1.29, 1.82) is 0 Å². The largest absolute Gasteiger partial charge is 0.393 e. The molecule has 0 aromatic rings. The Kier molecular flexibility index (Phi) is 4.64. The first kappa shape index (κ1) is 15.3. The van der Waals surface area contributed by atoms with E-state index in [1.165, 1.54) is 4.90 Å². The van der Waals surface area contributed by atoms with Gasteiger partial charge in [0.15, 0.2) is 0 Å². The number of rotatable bonds is 3. The quantitative estimate of drug-likeness (QED) is 0.780. The van der Waals surface area contributed by atoms with Crippen LogP contribution in [0.15, 0.2) is 0 Å². The zero-order valence-corrected chi connectivity index (χ0v) is 11.3. The molecule has 0 N–H and O–H groups in total. The van der Waals surface area contributed by atoms with Crippen molar-refractivity contribution in [1.82, 2.24) is 9.80 Å². The minimum absolute atomic E-state index is 0.0274. The molecule has 3 nitrogen and oxygen atoms in total. The molecule has 18 heavy (non-hydrogen) atoms. The van der Waals surface area contributed by atoms with E-state index in [9.17, 15) is 18.0 Å². The average Bonchev–Trinajstić information content (AvgIpc) is 2.71. The predicted octanol–water partition coefficient (Wildman–Crippen LogP) is 1.98. The number of amides is 1. The maximum absolute atomic E-state index is 13.0. The fourth-order valence-corrected chi connectivity index (χ4v) is 2.28. The van der Waals surface area contributed by atoms with E-state index in [1.54, 1.807) is 18.9 Å². The van der Waals surface area contributed by atoms with Gasteiger partial charge in [0.2, 0.25) is 5.91 Å². The lowest BCUT2D eigenvalue weighted by Gasteiger charge is -2.24. The monoisotopic (exact) mass is 266 g/mol. The molecular weight excluding hydrogens is 245 g/mol. The van der Waals surface area contributed by atoms with Gasteiger partial charge in [0.1, 0.15) is 0 Å². The third-order valence-electron chi connectivity index (χ3n) is 3.67. The van der Waals surface area contributed by atoms with Crippen LogP contribution in [0.3, 0.4) is 0 Å². The molecule has 0 bridgehead atoms. The van der Waals surface area contributed by atoms with E-state index in [-0.39, 0.29) is 19.1 Å². The summed E-state index contributed by atoms with van der Waals surface area (Å²) in [4.78, 5) is 15.1. The van der Waals surface area contributed by atoms with Gasteiger partial charge >= 0.3 is 6.18 Å². The molecule has 1 amide bonds.